The molecule has 5 nitrogen and oxygen atoms in total. The minimum Gasteiger partial charge on any atom is -0.326 e. The van der Waals surface area contributed by atoms with E-state index in [-0.39, 0.29) is 17.5 Å². The van der Waals surface area contributed by atoms with Crippen LogP contribution in [0.4, 0.5) is 11.4 Å². The summed E-state index contributed by atoms with van der Waals surface area (Å²) in [7, 11) is 0. The summed E-state index contributed by atoms with van der Waals surface area (Å²) in [4.78, 5) is 22.6. The number of rotatable bonds is 6. The minimum absolute atomic E-state index is 0.00327. The Balaban J connectivity index is 2.25. The van der Waals surface area contributed by atoms with E-state index < -0.39 is 4.92 Å². The lowest BCUT2D eigenvalue weighted by molar-refractivity contribution is -0.384. The largest absolute Gasteiger partial charge is 0.326 e. The number of anilines is 1. The Bertz CT molecular complexity index is 709. The lowest BCUT2D eigenvalue weighted by Gasteiger charge is -2.13. The Morgan fingerprint density at radius 2 is 1.70 bits per heavy atom. The van der Waals surface area contributed by atoms with Crippen LogP contribution in [-0.4, -0.2) is 10.8 Å². The second-order valence-corrected chi connectivity index (χ2v) is 5.39. The maximum atomic E-state index is 12.2. The van der Waals surface area contributed by atoms with E-state index in [1.807, 2.05) is 44.2 Å². The van der Waals surface area contributed by atoms with Gasteiger partial charge in [-0.1, -0.05) is 38.1 Å². The third-order valence-corrected chi connectivity index (χ3v) is 3.88. The van der Waals surface area contributed by atoms with Crippen LogP contribution in [0.5, 0.6) is 0 Å². The van der Waals surface area contributed by atoms with E-state index in [0.717, 1.165) is 24.0 Å². The molecule has 2 aromatic rings. The summed E-state index contributed by atoms with van der Waals surface area (Å²) in [5.41, 5.74) is 2.33. The highest BCUT2D eigenvalue weighted by molar-refractivity contribution is 5.93. The molecular weight excluding hydrogens is 292 g/mol. The number of nitrogens with zero attached hydrogens (tertiary/aromatic N) is 1. The number of carbonyl (C=O) groups is 1. The first-order valence-electron chi connectivity index (χ1n) is 7.70. The quantitative estimate of drug-likeness (QED) is 0.624. The molecule has 120 valence electrons. The average molecular weight is 312 g/mol. The lowest BCUT2D eigenvalue weighted by atomic mass is 10.0. The van der Waals surface area contributed by atoms with Crippen LogP contribution < -0.4 is 5.32 Å². The Kier molecular flexibility index (Phi) is 5.46. The highest BCUT2D eigenvalue weighted by Crippen LogP contribution is 2.26. The molecule has 0 spiro atoms. The zero-order chi connectivity index (χ0) is 16.8. The third kappa shape index (κ3) is 4.16. The van der Waals surface area contributed by atoms with Crippen LogP contribution in [0, 0.1) is 16.0 Å². The minimum atomic E-state index is -0.414. The Labute approximate surface area is 135 Å². The summed E-state index contributed by atoms with van der Waals surface area (Å²) >= 11 is 0. The van der Waals surface area contributed by atoms with E-state index in [2.05, 4.69) is 5.32 Å². The van der Waals surface area contributed by atoms with Gasteiger partial charge in [0.2, 0.25) is 5.91 Å². The number of nitrogens with one attached hydrogen (secondary N) is 1. The second-order valence-electron chi connectivity index (χ2n) is 5.39. The molecular formula is C18H20N2O3. The topological polar surface area (TPSA) is 72.2 Å². The number of hydrogen-bond acceptors (Lipinski definition) is 3. The Morgan fingerprint density at radius 3 is 2.30 bits per heavy atom. The molecule has 0 atom stereocenters. The van der Waals surface area contributed by atoms with Crippen LogP contribution in [0.15, 0.2) is 48.5 Å². The molecule has 1 amide bonds. The van der Waals surface area contributed by atoms with Gasteiger partial charge in [-0.05, 0) is 36.1 Å². The number of amides is 1. The van der Waals surface area contributed by atoms with Gasteiger partial charge < -0.3 is 5.32 Å². The fourth-order valence-corrected chi connectivity index (χ4v) is 2.48. The summed E-state index contributed by atoms with van der Waals surface area (Å²) in [5, 5.41) is 13.8. The monoisotopic (exact) mass is 312 g/mol. The normalized spacial score (nSPS) is 10.6. The van der Waals surface area contributed by atoms with Gasteiger partial charge in [0.05, 0.1) is 4.92 Å². The van der Waals surface area contributed by atoms with E-state index in [1.165, 1.54) is 12.1 Å². The molecule has 0 fully saturated rings. The molecule has 2 aromatic carbocycles. The van der Waals surface area contributed by atoms with Crippen molar-refractivity contribution in [1.82, 2.24) is 0 Å². The van der Waals surface area contributed by atoms with E-state index >= 15 is 0 Å². The first-order valence-corrected chi connectivity index (χ1v) is 7.70. The first kappa shape index (κ1) is 16.7. The van der Waals surface area contributed by atoms with Crippen molar-refractivity contribution >= 4 is 17.3 Å². The van der Waals surface area contributed by atoms with Crippen molar-refractivity contribution in [2.75, 3.05) is 5.32 Å². The summed E-state index contributed by atoms with van der Waals surface area (Å²) < 4.78 is 0. The zero-order valence-corrected chi connectivity index (χ0v) is 13.3. The van der Waals surface area contributed by atoms with Crippen LogP contribution in [0.25, 0.3) is 11.1 Å². The lowest BCUT2D eigenvalue weighted by Crippen LogP contribution is -2.21. The summed E-state index contributed by atoms with van der Waals surface area (Å²) in [6.45, 7) is 3.99. The molecule has 0 aliphatic rings. The highest BCUT2D eigenvalue weighted by Gasteiger charge is 2.14. The fourth-order valence-electron chi connectivity index (χ4n) is 2.48. The molecule has 1 N–H and O–H groups in total. The van der Waals surface area contributed by atoms with E-state index in [4.69, 9.17) is 0 Å². The molecule has 5 heteroatoms. The van der Waals surface area contributed by atoms with Crippen molar-refractivity contribution in [3.05, 3.63) is 58.6 Å². The van der Waals surface area contributed by atoms with Crippen molar-refractivity contribution in [3.63, 3.8) is 0 Å². The van der Waals surface area contributed by atoms with Gasteiger partial charge in [0, 0.05) is 23.7 Å². The van der Waals surface area contributed by atoms with Crippen molar-refractivity contribution in [3.8, 4) is 11.1 Å². The molecule has 0 saturated heterocycles. The van der Waals surface area contributed by atoms with Crippen molar-refractivity contribution in [2.24, 2.45) is 5.92 Å². The summed E-state index contributed by atoms with van der Waals surface area (Å²) in [6.07, 6.45) is 1.60. The zero-order valence-electron chi connectivity index (χ0n) is 13.3. The van der Waals surface area contributed by atoms with Crippen LogP contribution in [-0.2, 0) is 4.79 Å². The van der Waals surface area contributed by atoms with E-state index in [0.29, 0.717) is 5.69 Å². The Morgan fingerprint density at radius 1 is 1.09 bits per heavy atom. The number of carbonyl (C=O) groups excluding carboxylic acids is 1. The number of benzene rings is 2. The molecule has 0 bridgehead atoms. The van der Waals surface area contributed by atoms with Gasteiger partial charge in [-0.3, -0.25) is 14.9 Å². The van der Waals surface area contributed by atoms with Gasteiger partial charge in [0.1, 0.15) is 0 Å². The van der Waals surface area contributed by atoms with Crippen LogP contribution >= 0.6 is 0 Å². The van der Waals surface area contributed by atoms with Crippen LogP contribution in [0.2, 0.25) is 0 Å². The maximum absolute atomic E-state index is 12.2. The fraction of sp³-hybridized carbons (Fsp3) is 0.278. The standard InChI is InChI=1S/C18H20N2O3/c1-3-13(4-2)18(21)19-16-9-5-7-14(11-16)15-8-6-10-17(12-15)20(22)23/h5-13H,3-4H2,1-2H3,(H,19,21). The number of hydrogen-bond donors (Lipinski definition) is 1. The van der Waals surface area contributed by atoms with E-state index in [9.17, 15) is 14.9 Å². The van der Waals surface area contributed by atoms with Crippen molar-refractivity contribution in [2.45, 2.75) is 26.7 Å². The summed E-state index contributed by atoms with van der Waals surface area (Å²) in [5.74, 6) is 0.00246. The molecule has 2 rings (SSSR count). The predicted molar refractivity (Wildman–Crippen MR) is 91.2 cm³/mol. The second kappa shape index (κ2) is 7.54. The molecule has 0 heterocycles. The number of non-ortho nitro benzene ring substituents is 1. The molecule has 0 aromatic heterocycles. The van der Waals surface area contributed by atoms with Crippen LogP contribution in [0.3, 0.4) is 0 Å². The molecule has 0 aliphatic carbocycles. The van der Waals surface area contributed by atoms with Crippen LogP contribution in [0.1, 0.15) is 26.7 Å². The molecule has 0 saturated carbocycles. The molecule has 0 aliphatic heterocycles. The first-order chi connectivity index (χ1) is 11.0. The molecule has 23 heavy (non-hydrogen) atoms. The van der Waals surface area contributed by atoms with Gasteiger partial charge in [-0.25, -0.2) is 0 Å². The number of nitro groups is 1. The van der Waals surface area contributed by atoms with Gasteiger partial charge in [-0.15, -0.1) is 0 Å². The van der Waals surface area contributed by atoms with Gasteiger partial charge >= 0.3 is 0 Å². The highest BCUT2D eigenvalue weighted by atomic mass is 16.6. The maximum Gasteiger partial charge on any atom is 0.270 e. The van der Waals surface area contributed by atoms with Gasteiger partial charge in [-0.2, -0.15) is 0 Å². The Hall–Kier alpha value is -2.69. The SMILES string of the molecule is CCC(CC)C(=O)Nc1cccc(-c2cccc([N+](=O)[O-])c2)c1. The van der Waals surface area contributed by atoms with Gasteiger partial charge in [0.15, 0.2) is 0 Å². The van der Waals surface area contributed by atoms with Crippen molar-refractivity contribution < 1.29 is 9.72 Å². The smallest absolute Gasteiger partial charge is 0.270 e. The van der Waals surface area contributed by atoms with Gasteiger partial charge in [0.25, 0.3) is 5.69 Å². The van der Waals surface area contributed by atoms with Crippen molar-refractivity contribution in [1.29, 1.82) is 0 Å². The molecule has 0 radical (unpaired) electrons. The predicted octanol–water partition coefficient (Wildman–Crippen LogP) is 4.64. The molecule has 0 unspecified atom stereocenters. The number of nitro benzene ring substituents is 1. The van der Waals surface area contributed by atoms with E-state index in [1.54, 1.807) is 6.07 Å². The summed E-state index contributed by atoms with van der Waals surface area (Å²) in [6, 6.07) is 13.8. The average Bonchev–Trinajstić information content (AvgIpc) is 2.56. The third-order valence-electron chi connectivity index (χ3n) is 3.88.